The van der Waals surface area contributed by atoms with Crippen LogP contribution in [0, 0.1) is 0 Å². The monoisotopic (exact) mass is 362 g/mol. The Morgan fingerprint density at radius 2 is 1.70 bits per heavy atom. The maximum atomic E-state index is 13.0. The third-order valence-electron chi connectivity index (χ3n) is 5.04. The number of benzodiazepines with no additional fused rings is 1. The first-order valence-electron chi connectivity index (χ1n) is 9.22. The van der Waals surface area contributed by atoms with Gasteiger partial charge in [0, 0.05) is 24.2 Å². The first-order chi connectivity index (χ1) is 13.1. The number of hydrogen-bond acceptors (Lipinski definition) is 4. The SMILES string of the molecule is N[C@H]1N=C(c2ccccc2)c2ccccc2N(CC(=O)N2CCCC2)C1=O. The largest absolute Gasteiger partial charge is 0.341 e. The molecule has 0 spiro atoms. The maximum absolute atomic E-state index is 13.0. The van der Waals surface area contributed by atoms with Gasteiger partial charge in [0.05, 0.1) is 11.4 Å². The van der Waals surface area contributed by atoms with Crippen molar-refractivity contribution in [1.29, 1.82) is 0 Å². The van der Waals surface area contributed by atoms with Crippen LogP contribution in [0.15, 0.2) is 59.6 Å². The fraction of sp³-hybridized carbons (Fsp3) is 0.286. The van der Waals surface area contributed by atoms with Crippen molar-refractivity contribution in [3.63, 3.8) is 0 Å². The van der Waals surface area contributed by atoms with E-state index in [0.717, 1.165) is 37.1 Å². The lowest BCUT2D eigenvalue weighted by Gasteiger charge is -2.26. The lowest BCUT2D eigenvalue weighted by atomic mass is 10.0. The molecule has 27 heavy (non-hydrogen) atoms. The normalized spacial score (nSPS) is 19.5. The molecule has 2 heterocycles. The van der Waals surface area contributed by atoms with Crippen molar-refractivity contribution in [2.45, 2.75) is 19.0 Å². The van der Waals surface area contributed by atoms with Gasteiger partial charge in [0.15, 0.2) is 6.17 Å². The molecule has 2 aromatic carbocycles. The summed E-state index contributed by atoms with van der Waals surface area (Å²) in [5.41, 5.74) is 9.14. The highest BCUT2D eigenvalue weighted by atomic mass is 16.2. The number of amides is 2. The number of hydrogen-bond donors (Lipinski definition) is 1. The number of nitrogens with two attached hydrogens (primary N) is 1. The smallest absolute Gasteiger partial charge is 0.266 e. The van der Waals surface area contributed by atoms with E-state index in [-0.39, 0.29) is 18.4 Å². The Morgan fingerprint density at radius 3 is 2.44 bits per heavy atom. The summed E-state index contributed by atoms with van der Waals surface area (Å²) in [6, 6.07) is 17.2. The molecule has 0 unspecified atom stereocenters. The molecule has 2 amide bonds. The topological polar surface area (TPSA) is 79.0 Å². The second-order valence-electron chi connectivity index (χ2n) is 6.82. The van der Waals surface area contributed by atoms with E-state index in [1.807, 2.05) is 59.5 Å². The standard InChI is InChI=1S/C21H22N4O2/c22-20-21(27)25(14-18(26)24-12-6-7-13-24)17-11-5-4-10-16(17)19(23-20)15-8-2-1-3-9-15/h1-5,8-11,20H,6-7,12-14,22H2/t20-/m0/s1. The van der Waals surface area contributed by atoms with E-state index in [1.165, 1.54) is 4.90 Å². The second kappa shape index (κ2) is 7.32. The molecule has 1 atom stereocenters. The van der Waals surface area contributed by atoms with Gasteiger partial charge in [-0.1, -0.05) is 48.5 Å². The molecule has 2 aromatic rings. The molecule has 138 valence electrons. The predicted octanol–water partition coefficient (Wildman–Crippen LogP) is 1.78. The minimum atomic E-state index is -1.04. The van der Waals surface area contributed by atoms with Gasteiger partial charge in [-0.25, -0.2) is 0 Å². The number of carbonyl (C=O) groups excluding carboxylic acids is 2. The van der Waals surface area contributed by atoms with Gasteiger partial charge < -0.3 is 10.6 Å². The molecule has 2 N–H and O–H groups in total. The molecule has 0 aromatic heterocycles. The molecule has 4 rings (SSSR count). The van der Waals surface area contributed by atoms with E-state index in [1.54, 1.807) is 0 Å². The first-order valence-corrected chi connectivity index (χ1v) is 9.22. The Labute approximate surface area is 158 Å². The Hall–Kier alpha value is -2.99. The molecule has 0 saturated carbocycles. The van der Waals surface area contributed by atoms with Crippen LogP contribution >= 0.6 is 0 Å². The van der Waals surface area contributed by atoms with Crippen molar-refractivity contribution < 1.29 is 9.59 Å². The lowest BCUT2D eigenvalue weighted by Crippen LogP contribution is -2.47. The van der Waals surface area contributed by atoms with Gasteiger partial charge in [-0.2, -0.15) is 0 Å². The molecule has 0 radical (unpaired) electrons. The molecule has 6 nitrogen and oxygen atoms in total. The molecular formula is C21H22N4O2. The van der Waals surface area contributed by atoms with Crippen LogP contribution in [0.25, 0.3) is 0 Å². The van der Waals surface area contributed by atoms with Gasteiger partial charge >= 0.3 is 0 Å². The van der Waals surface area contributed by atoms with Crippen LogP contribution in [-0.4, -0.2) is 48.2 Å². The molecule has 2 aliphatic heterocycles. The zero-order chi connectivity index (χ0) is 18.8. The summed E-state index contributed by atoms with van der Waals surface area (Å²) in [5.74, 6) is -0.410. The average Bonchev–Trinajstić information content (AvgIpc) is 3.22. The van der Waals surface area contributed by atoms with Crippen molar-refractivity contribution in [1.82, 2.24) is 4.90 Å². The minimum absolute atomic E-state index is 0.0128. The van der Waals surface area contributed by atoms with Gasteiger partial charge in [0.1, 0.15) is 6.54 Å². The Morgan fingerprint density at radius 1 is 1.04 bits per heavy atom. The highest BCUT2D eigenvalue weighted by molar-refractivity contribution is 6.20. The predicted molar refractivity (Wildman–Crippen MR) is 105 cm³/mol. The fourth-order valence-electron chi connectivity index (χ4n) is 3.64. The number of rotatable bonds is 3. The second-order valence-corrected chi connectivity index (χ2v) is 6.82. The van der Waals surface area contributed by atoms with Crippen LogP contribution in [0.5, 0.6) is 0 Å². The highest BCUT2D eigenvalue weighted by Crippen LogP contribution is 2.28. The third-order valence-corrected chi connectivity index (χ3v) is 5.04. The van der Waals surface area contributed by atoms with Gasteiger partial charge in [-0.3, -0.25) is 19.5 Å². The van der Waals surface area contributed by atoms with Gasteiger partial charge in [-0.15, -0.1) is 0 Å². The van der Waals surface area contributed by atoms with Crippen LogP contribution < -0.4 is 10.6 Å². The van der Waals surface area contributed by atoms with E-state index < -0.39 is 6.17 Å². The molecule has 2 aliphatic rings. The van der Waals surface area contributed by atoms with Crippen molar-refractivity contribution in [3.8, 4) is 0 Å². The van der Waals surface area contributed by atoms with Crippen molar-refractivity contribution in [2.75, 3.05) is 24.5 Å². The number of benzene rings is 2. The quantitative estimate of drug-likeness (QED) is 0.904. The number of aliphatic imine (C=N–C) groups is 1. The van der Waals surface area contributed by atoms with E-state index >= 15 is 0 Å². The van der Waals surface area contributed by atoms with Crippen LogP contribution in [-0.2, 0) is 9.59 Å². The summed E-state index contributed by atoms with van der Waals surface area (Å²) in [7, 11) is 0. The number of likely N-dealkylation sites (tertiary alicyclic amines) is 1. The molecule has 1 saturated heterocycles. The van der Waals surface area contributed by atoms with Gasteiger partial charge in [0.25, 0.3) is 5.91 Å². The lowest BCUT2D eigenvalue weighted by molar-refractivity contribution is -0.130. The average molecular weight is 362 g/mol. The Kier molecular flexibility index (Phi) is 4.73. The summed E-state index contributed by atoms with van der Waals surface area (Å²) in [6.07, 6.45) is 0.979. The highest BCUT2D eigenvalue weighted by Gasteiger charge is 2.32. The third kappa shape index (κ3) is 3.36. The number of para-hydroxylation sites is 1. The number of carbonyl (C=O) groups is 2. The van der Waals surface area contributed by atoms with Crippen molar-refractivity contribution in [2.24, 2.45) is 10.7 Å². The van der Waals surface area contributed by atoms with E-state index in [0.29, 0.717) is 11.4 Å². The van der Waals surface area contributed by atoms with E-state index in [4.69, 9.17) is 5.73 Å². The zero-order valence-corrected chi connectivity index (χ0v) is 15.0. The molecule has 6 heteroatoms. The van der Waals surface area contributed by atoms with Crippen molar-refractivity contribution >= 4 is 23.2 Å². The van der Waals surface area contributed by atoms with Crippen LogP contribution in [0.3, 0.4) is 0 Å². The van der Waals surface area contributed by atoms with E-state index in [2.05, 4.69) is 4.99 Å². The number of nitrogens with zero attached hydrogens (tertiary/aromatic N) is 3. The summed E-state index contributed by atoms with van der Waals surface area (Å²) in [6.45, 7) is 1.49. The zero-order valence-electron chi connectivity index (χ0n) is 15.0. The summed E-state index contributed by atoms with van der Waals surface area (Å²) < 4.78 is 0. The number of anilines is 1. The first kappa shape index (κ1) is 17.4. The Balaban J connectivity index is 1.75. The van der Waals surface area contributed by atoms with E-state index in [9.17, 15) is 9.59 Å². The van der Waals surface area contributed by atoms with Crippen molar-refractivity contribution in [3.05, 3.63) is 65.7 Å². The van der Waals surface area contributed by atoms with Crippen LogP contribution in [0.2, 0.25) is 0 Å². The molecule has 0 bridgehead atoms. The van der Waals surface area contributed by atoms with Crippen LogP contribution in [0.1, 0.15) is 24.0 Å². The summed E-state index contributed by atoms with van der Waals surface area (Å²) >= 11 is 0. The van der Waals surface area contributed by atoms with Gasteiger partial charge in [0.2, 0.25) is 5.91 Å². The minimum Gasteiger partial charge on any atom is -0.341 e. The maximum Gasteiger partial charge on any atom is 0.266 e. The molecule has 0 aliphatic carbocycles. The summed E-state index contributed by atoms with van der Waals surface area (Å²) in [5, 5.41) is 0. The number of fused-ring (bicyclic) bond motifs is 1. The van der Waals surface area contributed by atoms with Gasteiger partial charge in [-0.05, 0) is 18.9 Å². The molecular weight excluding hydrogens is 340 g/mol. The fourth-order valence-corrected chi connectivity index (χ4v) is 3.64. The van der Waals surface area contributed by atoms with Crippen LogP contribution in [0.4, 0.5) is 5.69 Å². The summed E-state index contributed by atoms with van der Waals surface area (Å²) in [4.78, 5) is 33.5. The molecule has 1 fully saturated rings. The Bertz CT molecular complexity index is 888.